The maximum Gasteiger partial charge on any atom is 0.217 e. The summed E-state index contributed by atoms with van der Waals surface area (Å²) in [5, 5.41) is 0.214. The molecule has 1 aromatic rings. The lowest BCUT2D eigenvalue weighted by molar-refractivity contribution is 0.381. The lowest BCUT2D eigenvalue weighted by atomic mass is 9.85. The molecule has 1 atom stereocenters. The van der Waals surface area contributed by atoms with Crippen molar-refractivity contribution in [2.45, 2.75) is 5.41 Å². The average molecular weight is 300 g/mol. The van der Waals surface area contributed by atoms with E-state index in [-0.39, 0.29) is 5.29 Å². The summed E-state index contributed by atoms with van der Waals surface area (Å²) in [7, 11) is 0. The van der Waals surface area contributed by atoms with Crippen molar-refractivity contribution in [2.75, 3.05) is 6.54 Å². The maximum absolute atomic E-state index is 6.00. The number of nitrogens with zero attached hydrogens (tertiary/aromatic N) is 3. The topological polar surface area (TPSA) is 63.9 Å². The molecule has 3 heterocycles. The van der Waals surface area contributed by atoms with Gasteiger partial charge < -0.3 is 8.83 Å². The molecule has 2 aliphatic heterocycles. The van der Waals surface area contributed by atoms with Crippen LogP contribution in [0.5, 0.6) is 0 Å². The molecule has 0 saturated heterocycles. The molecular weight excluding hydrogens is 290 g/mol. The molecule has 1 aliphatic carbocycles. The Kier molecular flexibility index (Phi) is 2.68. The van der Waals surface area contributed by atoms with Gasteiger partial charge in [0.15, 0.2) is 5.41 Å². The second-order valence-electron chi connectivity index (χ2n) is 4.80. The lowest BCUT2D eigenvalue weighted by Gasteiger charge is -2.26. The first kappa shape index (κ1) is 12.3. The fraction of sp³-hybridized carbons (Fsp3) is 0.133. The molecule has 4 rings (SSSR count). The number of hydrogen-bond acceptors (Lipinski definition) is 5. The molecule has 21 heavy (non-hydrogen) atoms. The zero-order valence-corrected chi connectivity index (χ0v) is 11.6. The minimum Gasteiger partial charge on any atom is -0.459 e. The number of aromatic nitrogens is 1. The van der Waals surface area contributed by atoms with Gasteiger partial charge in [-0.25, -0.2) is 9.98 Å². The fourth-order valence-electron chi connectivity index (χ4n) is 2.45. The Morgan fingerprint density at radius 3 is 2.90 bits per heavy atom. The Morgan fingerprint density at radius 1 is 1.19 bits per heavy atom. The van der Waals surface area contributed by atoms with Crippen LogP contribution < -0.4 is 0 Å². The predicted octanol–water partition coefficient (Wildman–Crippen LogP) is 3.34. The Bertz CT molecular complexity index is 806. The lowest BCUT2D eigenvalue weighted by Crippen LogP contribution is -2.36. The first-order chi connectivity index (χ1) is 10.3. The molecule has 0 fully saturated rings. The molecule has 6 heteroatoms. The van der Waals surface area contributed by atoms with Gasteiger partial charge in [-0.1, -0.05) is 12.1 Å². The van der Waals surface area contributed by atoms with Crippen LogP contribution in [0.15, 0.2) is 61.6 Å². The van der Waals surface area contributed by atoms with Gasteiger partial charge in [0.25, 0.3) is 0 Å². The van der Waals surface area contributed by atoms with E-state index in [0.717, 1.165) is 11.3 Å². The van der Waals surface area contributed by atoms with Crippen molar-refractivity contribution in [1.29, 1.82) is 0 Å². The van der Waals surface area contributed by atoms with E-state index >= 15 is 0 Å². The summed E-state index contributed by atoms with van der Waals surface area (Å²) < 4.78 is 11.5. The molecule has 104 valence electrons. The van der Waals surface area contributed by atoms with Gasteiger partial charge in [0, 0.05) is 11.8 Å². The van der Waals surface area contributed by atoms with Gasteiger partial charge in [-0.3, -0.25) is 4.99 Å². The van der Waals surface area contributed by atoms with Gasteiger partial charge in [-0.2, -0.15) is 0 Å². The van der Waals surface area contributed by atoms with Crippen LogP contribution >= 0.6 is 11.6 Å². The van der Waals surface area contributed by atoms with Crippen molar-refractivity contribution in [1.82, 2.24) is 4.98 Å². The van der Waals surface area contributed by atoms with Crippen LogP contribution in [0.4, 0.5) is 0 Å². The molecule has 0 bridgehead atoms. The molecule has 1 aromatic heterocycles. The molecule has 0 saturated carbocycles. The van der Waals surface area contributed by atoms with Crippen molar-refractivity contribution in [3.63, 3.8) is 0 Å². The van der Waals surface area contributed by atoms with E-state index in [2.05, 4.69) is 15.0 Å². The number of halogens is 1. The van der Waals surface area contributed by atoms with Crippen LogP contribution in [-0.4, -0.2) is 23.0 Å². The van der Waals surface area contributed by atoms with Crippen LogP contribution in [-0.2, 0) is 5.41 Å². The quantitative estimate of drug-likeness (QED) is 0.682. The number of hydrogen-bond donors (Lipinski definition) is 0. The van der Waals surface area contributed by atoms with Crippen LogP contribution in [0.3, 0.4) is 0 Å². The van der Waals surface area contributed by atoms with Crippen molar-refractivity contribution in [2.24, 2.45) is 9.98 Å². The number of rotatable bonds is 2. The third-order valence-corrected chi connectivity index (χ3v) is 3.76. The monoisotopic (exact) mass is 299 g/mol. The summed E-state index contributed by atoms with van der Waals surface area (Å²) in [6.07, 6.45) is 4.79. The Balaban J connectivity index is 1.91. The van der Waals surface area contributed by atoms with Gasteiger partial charge in [-0.05, 0) is 29.8 Å². The highest BCUT2D eigenvalue weighted by molar-refractivity contribution is 6.65. The van der Waals surface area contributed by atoms with Crippen molar-refractivity contribution >= 4 is 23.1 Å². The van der Waals surface area contributed by atoms with Gasteiger partial charge in [-0.15, -0.1) is 0 Å². The first-order valence-corrected chi connectivity index (χ1v) is 6.80. The molecule has 0 amide bonds. The number of fused-ring (bicyclic) bond motifs is 1. The second-order valence-corrected chi connectivity index (χ2v) is 5.14. The summed E-state index contributed by atoms with van der Waals surface area (Å²) in [5.41, 5.74) is 0.267. The summed E-state index contributed by atoms with van der Waals surface area (Å²) in [6.45, 7) is 0.339. The average Bonchev–Trinajstić information content (AvgIpc) is 3.19. The molecule has 0 N–H and O–H groups in total. The van der Waals surface area contributed by atoms with E-state index in [9.17, 15) is 0 Å². The Morgan fingerprint density at radius 2 is 2.14 bits per heavy atom. The Labute approximate surface area is 125 Å². The van der Waals surface area contributed by atoms with E-state index in [1.165, 1.54) is 6.26 Å². The minimum absolute atomic E-state index is 0.214. The molecule has 3 aliphatic rings. The van der Waals surface area contributed by atoms with Gasteiger partial charge >= 0.3 is 0 Å². The fourth-order valence-corrected chi connectivity index (χ4v) is 2.56. The van der Waals surface area contributed by atoms with Crippen molar-refractivity contribution in [3.05, 3.63) is 54.4 Å². The van der Waals surface area contributed by atoms with Crippen LogP contribution in [0.1, 0.15) is 11.7 Å². The first-order valence-electron chi connectivity index (χ1n) is 6.42. The SMILES string of the molecule is ClC1=NCC(c2ccc3cccc-3o2)(c2ncco2)C=N1. The van der Waals surface area contributed by atoms with Crippen LogP contribution in [0, 0.1) is 0 Å². The van der Waals surface area contributed by atoms with Gasteiger partial charge in [0.1, 0.15) is 17.8 Å². The number of amidine groups is 1. The zero-order chi connectivity index (χ0) is 14.3. The summed E-state index contributed by atoms with van der Waals surface area (Å²) in [6, 6.07) is 9.74. The third kappa shape index (κ3) is 1.89. The summed E-state index contributed by atoms with van der Waals surface area (Å²) >= 11 is 5.84. The standard InChI is InChI=1S/C15H10ClN3O2/c16-14-18-8-15(9-19-14,13-17-6-7-20-13)12-5-4-10-2-1-3-11(10)21-12/h1-8H,9H2. The summed E-state index contributed by atoms with van der Waals surface area (Å²) in [4.78, 5) is 12.6. The smallest absolute Gasteiger partial charge is 0.217 e. The van der Waals surface area contributed by atoms with Crippen molar-refractivity contribution in [3.8, 4) is 11.3 Å². The third-order valence-electron chi connectivity index (χ3n) is 3.55. The van der Waals surface area contributed by atoms with Crippen molar-refractivity contribution < 1.29 is 8.83 Å². The van der Waals surface area contributed by atoms with E-state index in [0.29, 0.717) is 18.2 Å². The highest BCUT2D eigenvalue weighted by atomic mass is 35.5. The largest absolute Gasteiger partial charge is 0.459 e. The Hall–Kier alpha value is -2.40. The molecule has 0 spiro atoms. The van der Waals surface area contributed by atoms with Crippen LogP contribution in [0.25, 0.3) is 11.3 Å². The predicted molar refractivity (Wildman–Crippen MR) is 79.3 cm³/mol. The van der Waals surface area contributed by atoms with E-state index in [1.54, 1.807) is 12.4 Å². The number of aliphatic imine (C=N–C) groups is 2. The molecule has 5 nitrogen and oxygen atoms in total. The highest BCUT2D eigenvalue weighted by Gasteiger charge is 2.42. The van der Waals surface area contributed by atoms with Crippen LogP contribution in [0.2, 0.25) is 0 Å². The highest BCUT2D eigenvalue weighted by Crippen LogP contribution is 2.35. The molecule has 0 radical (unpaired) electrons. The maximum atomic E-state index is 6.00. The van der Waals surface area contributed by atoms with Gasteiger partial charge in [0.2, 0.25) is 11.2 Å². The molecule has 0 aromatic carbocycles. The molecular formula is C15H10ClN3O2. The number of oxazole rings is 1. The van der Waals surface area contributed by atoms with E-state index in [1.807, 2.05) is 30.3 Å². The summed E-state index contributed by atoms with van der Waals surface area (Å²) in [5.74, 6) is 1.95. The minimum atomic E-state index is -0.770. The van der Waals surface area contributed by atoms with E-state index in [4.69, 9.17) is 20.4 Å². The molecule has 1 unspecified atom stereocenters. The zero-order valence-electron chi connectivity index (χ0n) is 10.9. The second kappa shape index (κ2) is 4.56. The van der Waals surface area contributed by atoms with E-state index < -0.39 is 5.41 Å². The normalized spacial score (nSPS) is 21.7. The van der Waals surface area contributed by atoms with Gasteiger partial charge in [0.05, 0.1) is 12.7 Å².